The fraction of sp³-hybridized carbons (Fsp3) is 0.364. The minimum Gasteiger partial charge on any atom is -0.504 e. The maximum absolute atomic E-state index is 14.1. The lowest BCUT2D eigenvalue weighted by Crippen LogP contribution is -2.22. The molecule has 1 saturated carbocycles. The second-order valence-electron chi connectivity index (χ2n) is 3.99. The molecular formula is C11H10BrFO4. The molecule has 0 heterocycles. The van der Waals surface area contributed by atoms with Crippen LogP contribution in [0.25, 0.3) is 0 Å². The van der Waals surface area contributed by atoms with Crippen molar-refractivity contribution in [3.63, 3.8) is 0 Å². The Morgan fingerprint density at radius 2 is 2.18 bits per heavy atom. The smallest absolute Gasteiger partial charge is 0.314 e. The van der Waals surface area contributed by atoms with E-state index >= 15 is 0 Å². The number of ether oxygens (including phenoxy) is 1. The molecule has 2 rings (SSSR count). The molecule has 0 aliphatic heterocycles. The largest absolute Gasteiger partial charge is 0.504 e. The van der Waals surface area contributed by atoms with Gasteiger partial charge in [0.1, 0.15) is 0 Å². The highest BCUT2D eigenvalue weighted by molar-refractivity contribution is 9.10. The first kappa shape index (κ1) is 12.2. The van der Waals surface area contributed by atoms with Crippen LogP contribution in [0.3, 0.4) is 0 Å². The number of methoxy groups -OCH3 is 1. The van der Waals surface area contributed by atoms with Crippen LogP contribution in [0, 0.1) is 5.82 Å². The number of carbonyl (C=O) groups is 1. The van der Waals surface area contributed by atoms with E-state index in [-0.39, 0.29) is 21.5 Å². The SMILES string of the molecule is COc1c(O)cc(Br)c(C2(C(=O)O)CC2)c1F. The first-order valence-electron chi connectivity index (χ1n) is 4.93. The van der Waals surface area contributed by atoms with E-state index in [2.05, 4.69) is 15.9 Å². The molecule has 0 saturated heterocycles. The highest BCUT2D eigenvalue weighted by Crippen LogP contribution is 2.54. The number of phenolic OH excluding ortho intramolecular Hbond substituents is 1. The Morgan fingerprint density at radius 3 is 2.59 bits per heavy atom. The highest BCUT2D eigenvalue weighted by atomic mass is 79.9. The van der Waals surface area contributed by atoms with Crippen LogP contribution in [0.5, 0.6) is 11.5 Å². The average Bonchev–Trinajstić information content (AvgIpc) is 2.98. The van der Waals surface area contributed by atoms with Crippen LogP contribution in [0.4, 0.5) is 4.39 Å². The maximum atomic E-state index is 14.1. The van der Waals surface area contributed by atoms with E-state index in [1.165, 1.54) is 13.2 Å². The number of aliphatic carboxylic acids is 1. The van der Waals surface area contributed by atoms with Gasteiger partial charge in [0.25, 0.3) is 0 Å². The molecule has 0 aromatic heterocycles. The van der Waals surface area contributed by atoms with Gasteiger partial charge in [-0.25, -0.2) is 4.39 Å². The van der Waals surface area contributed by atoms with Gasteiger partial charge >= 0.3 is 5.97 Å². The van der Waals surface area contributed by atoms with Gasteiger partial charge in [-0.2, -0.15) is 0 Å². The Bertz CT molecular complexity index is 497. The first-order valence-corrected chi connectivity index (χ1v) is 5.72. The summed E-state index contributed by atoms with van der Waals surface area (Å²) in [5.41, 5.74) is -1.15. The van der Waals surface area contributed by atoms with Gasteiger partial charge in [-0.05, 0) is 18.9 Å². The zero-order valence-electron chi connectivity index (χ0n) is 8.96. The predicted molar refractivity (Wildman–Crippen MR) is 60.9 cm³/mol. The number of carboxylic acid groups (broad SMARTS) is 1. The molecule has 1 aromatic rings. The summed E-state index contributed by atoms with van der Waals surface area (Å²) >= 11 is 3.09. The Hall–Kier alpha value is -1.30. The van der Waals surface area contributed by atoms with Gasteiger partial charge in [-0.15, -0.1) is 0 Å². The van der Waals surface area contributed by atoms with Crippen LogP contribution in [-0.4, -0.2) is 23.3 Å². The quantitative estimate of drug-likeness (QED) is 0.900. The third kappa shape index (κ3) is 1.67. The van der Waals surface area contributed by atoms with Gasteiger partial charge in [0.15, 0.2) is 17.3 Å². The van der Waals surface area contributed by atoms with Gasteiger partial charge in [-0.1, -0.05) is 15.9 Å². The van der Waals surface area contributed by atoms with Crippen molar-refractivity contribution < 1.29 is 24.1 Å². The van der Waals surface area contributed by atoms with Crippen LogP contribution in [0.1, 0.15) is 18.4 Å². The van der Waals surface area contributed by atoms with Crippen LogP contribution >= 0.6 is 15.9 Å². The number of aromatic hydroxyl groups is 1. The average molecular weight is 305 g/mol. The Morgan fingerprint density at radius 1 is 1.59 bits per heavy atom. The van der Waals surface area contributed by atoms with Crippen molar-refractivity contribution in [2.45, 2.75) is 18.3 Å². The van der Waals surface area contributed by atoms with Gasteiger partial charge in [0.2, 0.25) is 0 Å². The Balaban J connectivity index is 2.66. The second kappa shape index (κ2) is 3.87. The van der Waals surface area contributed by atoms with E-state index < -0.39 is 17.2 Å². The third-order valence-electron chi connectivity index (χ3n) is 3.00. The van der Waals surface area contributed by atoms with E-state index in [9.17, 15) is 14.3 Å². The molecule has 0 spiro atoms. The lowest BCUT2D eigenvalue weighted by Gasteiger charge is -2.16. The Kier molecular flexibility index (Phi) is 2.77. The molecule has 1 fully saturated rings. The summed E-state index contributed by atoms with van der Waals surface area (Å²) in [7, 11) is 1.22. The van der Waals surface area contributed by atoms with Crippen molar-refractivity contribution in [1.82, 2.24) is 0 Å². The van der Waals surface area contributed by atoms with Gasteiger partial charge < -0.3 is 14.9 Å². The molecule has 1 aliphatic rings. The molecule has 1 aromatic carbocycles. The maximum Gasteiger partial charge on any atom is 0.314 e. The molecule has 92 valence electrons. The molecule has 0 radical (unpaired) electrons. The zero-order valence-corrected chi connectivity index (χ0v) is 10.5. The van der Waals surface area contributed by atoms with Crippen molar-refractivity contribution in [2.75, 3.05) is 7.11 Å². The van der Waals surface area contributed by atoms with Crippen LogP contribution < -0.4 is 4.74 Å². The van der Waals surface area contributed by atoms with Crippen molar-refractivity contribution >= 4 is 21.9 Å². The van der Waals surface area contributed by atoms with E-state index in [0.717, 1.165) is 0 Å². The summed E-state index contributed by atoms with van der Waals surface area (Å²) in [5, 5.41) is 18.6. The molecule has 0 unspecified atom stereocenters. The summed E-state index contributed by atoms with van der Waals surface area (Å²) < 4.78 is 19.1. The van der Waals surface area contributed by atoms with Crippen LogP contribution in [0.15, 0.2) is 10.5 Å². The number of carboxylic acids is 1. The van der Waals surface area contributed by atoms with Gasteiger partial charge in [-0.3, -0.25) is 4.79 Å². The topological polar surface area (TPSA) is 66.8 Å². The monoisotopic (exact) mass is 304 g/mol. The standard InChI is InChI=1S/C11H10BrFO4/c1-17-9-6(14)4-5(12)7(8(9)13)11(2-3-11)10(15)16/h4,14H,2-3H2,1H3,(H,15,16). The van der Waals surface area contributed by atoms with E-state index in [1.54, 1.807) is 0 Å². The fourth-order valence-electron chi connectivity index (χ4n) is 1.92. The third-order valence-corrected chi connectivity index (χ3v) is 3.62. The fourth-order valence-corrected chi connectivity index (χ4v) is 2.69. The van der Waals surface area contributed by atoms with Gasteiger partial charge in [0, 0.05) is 10.0 Å². The van der Waals surface area contributed by atoms with Crippen molar-refractivity contribution in [3.8, 4) is 11.5 Å². The van der Waals surface area contributed by atoms with Crippen LogP contribution in [-0.2, 0) is 10.2 Å². The molecule has 2 N–H and O–H groups in total. The number of hydrogen-bond donors (Lipinski definition) is 2. The van der Waals surface area contributed by atoms with Gasteiger partial charge in [0.05, 0.1) is 12.5 Å². The summed E-state index contributed by atoms with van der Waals surface area (Å²) in [5.74, 6) is -2.57. The summed E-state index contributed by atoms with van der Waals surface area (Å²) in [6.07, 6.45) is 0.761. The number of hydrogen-bond acceptors (Lipinski definition) is 3. The molecule has 1 aliphatic carbocycles. The molecule has 6 heteroatoms. The molecule has 0 amide bonds. The normalized spacial score (nSPS) is 16.6. The van der Waals surface area contributed by atoms with Crippen LogP contribution in [0.2, 0.25) is 0 Å². The lowest BCUT2D eigenvalue weighted by atomic mass is 9.95. The second-order valence-corrected chi connectivity index (χ2v) is 4.84. The summed E-state index contributed by atoms with van der Waals surface area (Å²) in [6.45, 7) is 0. The Labute approximate surface area is 105 Å². The summed E-state index contributed by atoms with van der Waals surface area (Å²) in [6, 6.07) is 1.25. The van der Waals surface area contributed by atoms with Crippen molar-refractivity contribution in [1.29, 1.82) is 0 Å². The predicted octanol–water partition coefficient (Wildman–Crippen LogP) is 2.42. The van der Waals surface area contributed by atoms with Crippen molar-refractivity contribution in [3.05, 3.63) is 21.9 Å². The molecule has 0 bridgehead atoms. The zero-order chi connectivity index (χ0) is 12.8. The summed E-state index contributed by atoms with van der Waals surface area (Å²) in [4.78, 5) is 11.2. The van der Waals surface area contributed by atoms with E-state index in [0.29, 0.717) is 12.8 Å². The highest BCUT2D eigenvalue weighted by Gasteiger charge is 2.55. The number of benzene rings is 1. The first-order chi connectivity index (χ1) is 7.94. The minimum atomic E-state index is -1.19. The van der Waals surface area contributed by atoms with E-state index in [1.807, 2.05) is 0 Å². The molecule has 4 nitrogen and oxygen atoms in total. The van der Waals surface area contributed by atoms with E-state index in [4.69, 9.17) is 9.84 Å². The lowest BCUT2D eigenvalue weighted by molar-refractivity contribution is -0.140. The number of rotatable bonds is 3. The minimum absolute atomic E-state index is 0.0413. The molecular weight excluding hydrogens is 295 g/mol. The number of halogens is 2. The molecule has 0 atom stereocenters. The van der Waals surface area contributed by atoms with Crippen molar-refractivity contribution in [2.24, 2.45) is 0 Å². The molecule has 17 heavy (non-hydrogen) atoms. The number of phenols is 1.